The molecule has 0 unspecified atom stereocenters. The number of carbonyl (C=O) groups excluding carboxylic acids is 2. The summed E-state index contributed by atoms with van der Waals surface area (Å²) < 4.78 is 5.62. The predicted octanol–water partition coefficient (Wildman–Crippen LogP) is 4.36. The number of nitrogens with zero attached hydrogens (tertiary/aromatic N) is 1. The standard InChI is InChI=1S/C23H29ClN2O3/c1-5-17(3)25-23(28)18(4)26(14-19-9-7-6-8-16(19)2)22(27)15-29-21-12-10-20(24)11-13-21/h6-13,17-18H,5,14-15H2,1-4H3,(H,25,28)/t17-,18-/m0/s1. The van der Waals surface area contributed by atoms with Gasteiger partial charge in [0.2, 0.25) is 5.91 Å². The molecule has 0 aromatic heterocycles. The number of nitrogens with one attached hydrogen (secondary N) is 1. The van der Waals surface area contributed by atoms with Crippen molar-refractivity contribution in [1.82, 2.24) is 10.2 Å². The Morgan fingerprint density at radius 2 is 1.76 bits per heavy atom. The summed E-state index contributed by atoms with van der Waals surface area (Å²) in [4.78, 5) is 27.2. The number of ether oxygens (including phenoxy) is 1. The second kappa shape index (κ2) is 10.9. The summed E-state index contributed by atoms with van der Waals surface area (Å²) in [6.07, 6.45) is 0.823. The highest BCUT2D eigenvalue weighted by Gasteiger charge is 2.27. The maximum Gasteiger partial charge on any atom is 0.261 e. The fraction of sp³-hybridized carbons (Fsp3) is 0.391. The van der Waals surface area contributed by atoms with Gasteiger partial charge in [-0.25, -0.2) is 0 Å². The predicted molar refractivity (Wildman–Crippen MR) is 116 cm³/mol. The van der Waals surface area contributed by atoms with Crippen molar-refractivity contribution in [3.8, 4) is 5.75 Å². The van der Waals surface area contributed by atoms with Gasteiger partial charge in [0.25, 0.3) is 5.91 Å². The molecule has 0 heterocycles. The van der Waals surface area contributed by atoms with Crippen LogP contribution in [0.4, 0.5) is 0 Å². The van der Waals surface area contributed by atoms with E-state index in [4.69, 9.17) is 16.3 Å². The molecule has 2 aromatic carbocycles. The highest BCUT2D eigenvalue weighted by atomic mass is 35.5. The van der Waals surface area contributed by atoms with Gasteiger partial charge in [0.15, 0.2) is 6.61 Å². The third-order valence-electron chi connectivity index (χ3n) is 4.95. The summed E-state index contributed by atoms with van der Waals surface area (Å²) in [7, 11) is 0. The summed E-state index contributed by atoms with van der Waals surface area (Å²) in [5, 5.41) is 3.55. The Kier molecular flexibility index (Phi) is 8.52. The minimum Gasteiger partial charge on any atom is -0.484 e. The summed E-state index contributed by atoms with van der Waals surface area (Å²) >= 11 is 5.88. The van der Waals surface area contributed by atoms with Crippen molar-refractivity contribution >= 4 is 23.4 Å². The Morgan fingerprint density at radius 3 is 2.38 bits per heavy atom. The molecule has 6 heteroatoms. The lowest BCUT2D eigenvalue weighted by atomic mass is 10.1. The van der Waals surface area contributed by atoms with Gasteiger partial charge in [-0.1, -0.05) is 42.8 Å². The zero-order chi connectivity index (χ0) is 21.4. The summed E-state index contributed by atoms with van der Waals surface area (Å²) in [6, 6.07) is 14.1. The summed E-state index contributed by atoms with van der Waals surface area (Å²) in [6.45, 7) is 7.87. The Labute approximate surface area is 178 Å². The second-order valence-electron chi connectivity index (χ2n) is 7.18. The smallest absolute Gasteiger partial charge is 0.261 e. The van der Waals surface area contributed by atoms with E-state index in [1.54, 1.807) is 36.1 Å². The number of aryl methyl sites for hydroxylation is 1. The van der Waals surface area contributed by atoms with Crippen LogP contribution in [0.25, 0.3) is 0 Å². The molecule has 5 nitrogen and oxygen atoms in total. The van der Waals surface area contributed by atoms with Crippen molar-refractivity contribution in [1.29, 1.82) is 0 Å². The molecule has 0 aliphatic rings. The van der Waals surface area contributed by atoms with E-state index in [-0.39, 0.29) is 24.5 Å². The van der Waals surface area contributed by atoms with Gasteiger partial charge in [0.05, 0.1) is 0 Å². The first-order chi connectivity index (χ1) is 13.8. The van der Waals surface area contributed by atoms with E-state index in [0.29, 0.717) is 17.3 Å². The molecule has 0 aliphatic carbocycles. The maximum atomic E-state index is 13.0. The van der Waals surface area contributed by atoms with Gasteiger partial charge in [-0.2, -0.15) is 0 Å². The molecule has 0 saturated heterocycles. The molecule has 0 fully saturated rings. The van der Waals surface area contributed by atoms with E-state index in [9.17, 15) is 9.59 Å². The zero-order valence-electron chi connectivity index (χ0n) is 17.4. The zero-order valence-corrected chi connectivity index (χ0v) is 18.2. The van der Waals surface area contributed by atoms with Crippen LogP contribution in [0.3, 0.4) is 0 Å². The number of benzene rings is 2. The van der Waals surface area contributed by atoms with E-state index >= 15 is 0 Å². The molecule has 156 valence electrons. The minimum atomic E-state index is -0.620. The Bertz CT molecular complexity index is 823. The highest BCUT2D eigenvalue weighted by molar-refractivity contribution is 6.30. The van der Waals surface area contributed by atoms with E-state index < -0.39 is 6.04 Å². The average molecular weight is 417 g/mol. The van der Waals surface area contributed by atoms with Crippen molar-refractivity contribution in [2.45, 2.75) is 52.7 Å². The fourth-order valence-corrected chi connectivity index (χ4v) is 2.90. The monoisotopic (exact) mass is 416 g/mol. The van der Waals surface area contributed by atoms with Gasteiger partial charge >= 0.3 is 0 Å². The van der Waals surface area contributed by atoms with Gasteiger partial charge < -0.3 is 15.0 Å². The summed E-state index contributed by atoms with van der Waals surface area (Å²) in [5.74, 6) is 0.123. The van der Waals surface area contributed by atoms with Gasteiger partial charge in [0, 0.05) is 17.6 Å². The topological polar surface area (TPSA) is 58.6 Å². The molecule has 0 aliphatic heterocycles. The minimum absolute atomic E-state index is 0.0469. The lowest BCUT2D eigenvalue weighted by Crippen LogP contribution is -2.50. The van der Waals surface area contributed by atoms with Crippen LogP contribution < -0.4 is 10.1 Å². The van der Waals surface area contributed by atoms with E-state index in [1.165, 1.54) is 0 Å². The number of halogens is 1. The van der Waals surface area contributed by atoms with Crippen LogP contribution in [0.15, 0.2) is 48.5 Å². The van der Waals surface area contributed by atoms with Gasteiger partial charge in [0.1, 0.15) is 11.8 Å². The largest absolute Gasteiger partial charge is 0.484 e. The van der Waals surface area contributed by atoms with Crippen LogP contribution in [0.2, 0.25) is 5.02 Å². The third kappa shape index (κ3) is 6.79. The highest BCUT2D eigenvalue weighted by Crippen LogP contribution is 2.17. The molecule has 2 rings (SSSR count). The number of rotatable bonds is 9. The van der Waals surface area contributed by atoms with Crippen LogP contribution in [-0.4, -0.2) is 35.4 Å². The first-order valence-corrected chi connectivity index (χ1v) is 10.2. The van der Waals surface area contributed by atoms with Gasteiger partial charge in [-0.05, 0) is 62.6 Å². The molecule has 2 aromatic rings. The summed E-state index contributed by atoms with van der Waals surface area (Å²) in [5.41, 5.74) is 2.06. The van der Waals surface area contributed by atoms with Crippen LogP contribution in [0.1, 0.15) is 38.3 Å². The van der Waals surface area contributed by atoms with Gasteiger partial charge in [-0.3, -0.25) is 9.59 Å². The SMILES string of the molecule is CC[C@H](C)NC(=O)[C@H](C)N(Cc1ccccc1C)C(=O)COc1ccc(Cl)cc1. The van der Waals surface area contributed by atoms with Crippen molar-refractivity contribution < 1.29 is 14.3 Å². The third-order valence-corrected chi connectivity index (χ3v) is 5.20. The van der Waals surface area contributed by atoms with E-state index in [0.717, 1.165) is 17.5 Å². The average Bonchev–Trinajstić information content (AvgIpc) is 2.71. The number of carbonyl (C=O) groups is 2. The second-order valence-corrected chi connectivity index (χ2v) is 7.62. The van der Waals surface area contributed by atoms with Gasteiger partial charge in [-0.15, -0.1) is 0 Å². The van der Waals surface area contributed by atoms with E-state index in [2.05, 4.69) is 5.32 Å². The number of hydrogen-bond donors (Lipinski definition) is 1. The van der Waals surface area contributed by atoms with Crippen molar-refractivity contribution in [3.63, 3.8) is 0 Å². The van der Waals surface area contributed by atoms with Crippen LogP contribution in [-0.2, 0) is 16.1 Å². The van der Waals surface area contributed by atoms with E-state index in [1.807, 2.05) is 45.0 Å². The molecule has 0 spiro atoms. The van der Waals surface area contributed by atoms with Crippen LogP contribution in [0, 0.1) is 6.92 Å². The molecular weight excluding hydrogens is 388 g/mol. The van der Waals surface area contributed by atoms with Crippen molar-refractivity contribution in [2.75, 3.05) is 6.61 Å². The fourth-order valence-electron chi connectivity index (χ4n) is 2.78. The van der Waals surface area contributed by atoms with Crippen LogP contribution in [0.5, 0.6) is 5.75 Å². The normalized spacial score (nSPS) is 12.7. The maximum absolute atomic E-state index is 13.0. The molecule has 2 atom stereocenters. The number of hydrogen-bond acceptors (Lipinski definition) is 3. The van der Waals surface area contributed by atoms with Crippen molar-refractivity contribution in [2.24, 2.45) is 0 Å². The lowest BCUT2D eigenvalue weighted by molar-refractivity contribution is -0.142. The molecule has 1 N–H and O–H groups in total. The first-order valence-electron chi connectivity index (χ1n) is 9.84. The first kappa shape index (κ1) is 22.8. The molecule has 2 amide bonds. The lowest BCUT2D eigenvalue weighted by Gasteiger charge is -2.30. The molecule has 0 saturated carbocycles. The quantitative estimate of drug-likeness (QED) is 0.660. The molecule has 0 bridgehead atoms. The Morgan fingerprint density at radius 1 is 1.10 bits per heavy atom. The van der Waals surface area contributed by atoms with Crippen LogP contribution >= 0.6 is 11.6 Å². The van der Waals surface area contributed by atoms with Crippen molar-refractivity contribution in [3.05, 3.63) is 64.7 Å². The molecular formula is C23H29ClN2O3. The molecule has 0 radical (unpaired) electrons. The molecule has 29 heavy (non-hydrogen) atoms. The number of amides is 2. The Hall–Kier alpha value is -2.53. The Balaban J connectivity index is 2.15.